The third-order valence-electron chi connectivity index (χ3n) is 3.94. The van der Waals surface area contributed by atoms with Crippen LogP contribution in [-0.2, 0) is 9.53 Å². The highest BCUT2D eigenvalue weighted by molar-refractivity contribution is 5.78. The summed E-state index contributed by atoms with van der Waals surface area (Å²) in [5.74, 6) is 0.600. The molecule has 22 heavy (non-hydrogen) atoms. The molecule has 0 radical (unpaired) electrons. The SMILES string of the molecule is CO[C@@H]1CN(C(=O)COc2cccc([N+](=O)[O-])c2)CC[C@@H]1C. The Hall–Kier alpha value is -2.15. The van der Waals surface area contributed by atoms with Gasteiger partial charge in [0.2, 0.25) is 0 Å². The molecule has 2 atom stereocenters. The van der Waals surface area contributed by atoms with Crippen LogP contribution in [0.15, 0.2) is 24.3 Å². The molecule has 1 saturated heterocycles. The molecule has 1 amide bonds. The summed E-state index contributed by atoms with van der Waals surface area (Å²) in [5, 5.41) is 10.7. The van der Waals surface area contributed by atoms with Crippen LogP contribution in [-0.4, -0.2) is 48.6 Å². The number of rotatable bonds is 5. The van der Waals surface area contributed by atoms with E-state index in [2.05, 4.69) is 6.92 Å². The molecule has 0 aromatic heterocycles. The molecule has 0 saturated carbocycles. The number of benzene rings is 1. The van der Waals surface area contributed by atoms with E-state index in [4.69, 9.17) is 9.47 Å². The topological polar surface area (TPSA) is 81.9 Å². The van der Waals surface area contributed by atoms with Crippen molar-refractivity contribution in [2.75, 3.05) is 26.8 Å². The van der Waals surface area contributed by atoms with Gasteiger partial charge in [-0.3, -0.25) is 14.9 Å². The Kier molecular flexibility index (Phi) is 5.32. The van der Waals surface area contributed by atoms with Crippen molar-refractivity contribution in [2.24, 2.45) is 5.92 Å². The lowest BCUT2D eigenvalue weighted by Crippen LogP contribution is -2.48. The van der Waals surface area contributed by atoms with Crippen LogP contribution < -0.4 is 4.74 Å². The molecular formula is C15H20N2O5. The molecule has 0 unspecified atom stereocenters. The predicted octanol–water partition coefficient (Wildman–Crippen LogP) is 1.86. The average molecular weight is 308 g/mol. The van der Waals surface area contributed by atoms with E-state index in [1.807, 2.05) is 0 Å². The number of piperidine rings is 1. The lowest BCUT2D eigenvalue weighted by molar-refractivity contribution is -0.384. The van der Waals surface area contributed by atoms with Crippen LogP contribution in [0.4, 0.5) is 5.69 Å². The second-order valence-corrected chi connectivity index (χ2v) is 5.42. The van der Waals surface area contributed by atoms with Crippen molar-refractivity contribution in [3.63, 3.8) is 0 Å². The number of nitrogens with zero attached hydrogens (tertiary/aromatic N) is 2. The maximum atomic E-state index is 12.2. The van der Waals surface area contributed by atoms with Crippen LogP contribution in [0.5, 0.6) is 5.75 Å². The quantitative estimate of drug-likeness (QED) is 0.612. The number of ether oxygens (including phenoxy) is 2. The highest BCUT2D eigenvalue weighted by atomic mass is 16.6. The van der Waals surface area contributed by atoms with E-state index in [-0.39, 0.29) is 24.3 Å². The summed E-state index contributed by atoms with van der Waals surface area (Å²) < 4.78 is 10.8. The second-order valence-electron chi connectivity index (χ2n) is 5.42. The maximum absolute atomic E-state index is 12.2. The number of hydrogen-bond donors (Lipinski definition) is 0. The van der Waals surface area contributed by atoms with Crippen LogP contribution in [0, 0.1) is 16.0 Å². The molecule has 1 aliphatic rings. The van der Waals surface area contributed by atoms with Gasteiger partial charge in [-0.25, -0.2) is 0 Å². The molecule has 0 aliphatic carbocycles. The number of likely N-dealkylation sites (tertiary alicyclic amines) is 1. The molecule has 1 fully saturated rings. The Morgan fingerprint density at radius 2 is 2.27 bits per heavy atom. The fourth-order valence-corrected chi connectivity index (χ4v) is 2.49. The minimum absolute atomic E-state index is 0.0375. The third-order valence-corrected chi connectivity index (χ3v) is 3.94. The highest BCUT2D eigenvalue weighted by Crippen LogP contribution is 2.21. The van der Waals surface area contributed by atoms with Gasteiger partial charge in [-0.1, -0.05) is 13.0 Å². The Labute approximate surface area is 129 Å². The lowest BCUT2D eigenvalue weighted by atomic mass is 9.96. The zero-order valence-corrected chi connectivity index (χ0v) is 12.7. The molecule has 1 aliphatic heterocycles. The summed E-state index contributed by atoms with van der Waals surface area (Å²) in [6.45, 7) is 3.20. The van der Waals surface area contributed by atoms with Gasteiger partial charge in [-0.15, -0.1) is 0 Å². The first-order valence-corrected chi connectivity index (χ1v) is 7.19. The summed E-state index contributed by atoms with van der Waals surface area (Å²) in [7, 11) is 1.65. The predicted molar refractivity (Wildman–Crippen MR) is 79.7 cm³/mol. The van der Waals surface area contributed by atoms with Crippen LogP contribution in [0.3, 0.4) is 0 Å². The molecule has 2 rings (SSSR count). The van der Waals surface area contributed by atoms with Gasteiger partial charge in [0, 0.05) is 26.3 Å². The number of amides is 1. The highest BCUT2D eigenvalue weighted by Gasteiger charge is 2.28. The van der Waals surface area contributed by atoms with Gasteiger partial charge in [-0.05, 0) is 18.4 Å². The first-order valence-electron chi connectivity index (χ1n) is 7.19. The zero-order valence-electron chi connectivity index (χ0n) is 12.7. The number of methoxy groups -OCH3 is 1. The van der Waals surface area contributed by atoms with Gasteiger partial charge in [0.15, 0.2) is 6.61 Å². The van der Waals surface area contributed by atoms with E-state index in [9.17, 15) is 14.9 Å². The van der Waals surface area contributed by atoms with Gasteiger partial charge in [-0.2, -0.15) is 0 Å². The van der Waals surface area contributed by atoms with Gasteiger partial charge in [0.25, 0.3) is 11.6 Å². The van der Waals surface area contributed by atoms with Crippen molar-refractivity contribution in [3.8, 4) is 5.75 Å². The summed E-state index contributed by atoms with van der Waals surface area (Å²) in [4.78, 5) is 24.1. The van der Waals surface area contributed by atoms with Crippen LogP contribution in [0.1, 0.15) is 13.3 Å². The average Bonchev–Trinajstić information content (AvgIpc) is 2.53. The first kappa shape index (κ1) is 16.2. The van der Waals surface area contributed by atoms with Crippen molar-refractivity contribution >= 4 is 11.6 Å². The third kappa shape index (κ3) is 3.94. The number of hydrogen-bond acceptors (Lipinski definition) is 5. The molecule has 0 N–H and O–H groups in total. The molecular weight excluding hydrogens is 288 g/mol. The van der Waals surface area contributed by atoms with Crippen LogP contribution >= 0.6 is 0 Å². The van der Waals surface area contributed by atoms with Crippen LogP contribution in [0.2, 0.25) is 0 Å². The van der Waals surface area contributed by atoms with E-state index >= 15 is 0 Å². The molecule has 7 nitrogen and oxygen atoms in total. The van der Waals surface area contributed by atoms with Gasteiger partial charge >= 0.3 is 0 Å². The van der Waals surface area contributed by atoms with Crippen molar-refractivity contribution in [3.05, 3.63) is 34.4 Å². The molecule has 120 valence electrons. The first-order chi connectivity index (χ1) is 10.5. The largest absolute Gasteiger partial charge is 0.484 e. The summed E-state index contributed by atoms with van der Waals surface area (Å²) in [6.07, 6.45) is 0.927. The number of non-ortho nitro benzene ring substituents is 1. The number of nitro groups is 1. The molecule has 0 bridgehead atoms. The Balaban J connectivity index is 1.90. The van der Waals surface area contributed by atoms with Crippen molar-refractivity contribution < 1.29 is 19.2 Å². The Bertz CT molecular complexity index is 548. The fraction of sp³-hybridized carbons (Fsp3) is 0.533. The monoisotopic (exact) mass is 308 g/mol. The van der Waals surface area contributed by atoms with Crippen molar-refractivity contribution in [1.29, 1.82) is 0 Å². The Morgan fingerprint density at radius 1 is 1.50 bits per heavy atom. The number of carbonyl (C=O) groups is 1. The van der Waals surface area contributed by atoms with E-state index in [0.717, 1.165) is 6.42 Å². The fourth-order valence-electron chi connectivity index (χ4n) is 2.49. The standard InChI is InChI=1S/C15H20N2O5/c1-11-6-7-16(9-14(11)21-2)15(18)10-22-13-5-3-4-12(8-13)17(19)20/h3-5,8,11,14H,6-7,9-10H2,1-2H3/t11-,14+/m0/s1. The minimum Gasteiger partial charge on any atom is -0.484 e. The molecule has 0 spiro atoms. The van der Waals surface area contributed by atoms with Crippen LogP contribution in [0.25, 0.3) is 0 Å². The molecule has 1 aromatic carbocycles. The number of nitro benzene ring substituents is 1. The summed E-state index contributed by atoms with van der Waals surface area (Å²) in [5.41, 5.74) is -0.0591. The maximum Gasteiger partial charge on any atom is 0.273 e. The normalized spacial score (nSPS) is 21.5. The lowest BCUT2D eigenvalue weighted by Gasteiger charge is -2.36. The van der Waals surface area contributed by atoms with E-state index in [1.165, 1.54) is 18.2 Å². The van der Waals surface area contributed by atoms with E-state index in [0.29, 0.717) is 24.8 Å². The smallest absolute Gasteiger partial charge is 0.273 e. The van der Waals surface area contributed by atoms with Gasteiger partial charge < -0.3 is 14.4 Å². The summed E-state index contributed by atoms with van der Waals surface area (Å²) in [6, 6.07) is 5.81. The van der Waals surface area contributed by atoms with E-state index in [1.54, 1.807) is 18.1 Å². The summed E-state index contributed by atoms with van der Waals surface area (Å²) >= 11 is 0. The zero-order chi connectivity index (χ0) is 16.1. The van der Waals surface area contributed by atoms with Gasteiger partial charge in [0.1, 0.15) is 5.75 Å². The van der Waals surface area contributed by atoms with E-state index < -0.39 is 4.92 Å². The molecule has 1 aromatic rings. The molecule has 7 heteroatoms. The van der Waals surface area contributed by atoms with Crippen molar-refractivity contribution in [1.82, 2.24) is 4.90 Å². The van der Waals surface area contributed by atoms with Gasteiger partial charge in [0.05, 0.1) is 17.1 Å². The number of carbonyl (C=O) groups excluding carboxylic acids is 1. The molecule has 1 heterocycles. The van der Waals surface area contributed by atoms with Crippen molar-refractivity contribution in [2.45, 2.75) is 19.4 Å². The minimum atomic E-state index is -0.496. The Morgan fingerprint density at radius 3 is 2.95 bits per heavy atom. The second kappa shape index (κ2) is 7.22.